The third-order valence-electron chi connectivity index (χ3n) is 6.67. The zero-order valence-corrected chi connectivity index (χ0v) is 28.4. The van der Waals surface area contributed by atoms with E-state index < -0.39 is 81.6 Å². The zero-order chi connectivity index (χ0) is 41.6. The van der Waals surface area contributed by atoms with Gasteiger partial charge in [-0.2, -0.15) is 17.6 Å². The third-order valence-corrected chi connectivity index (χ3v) is 6.67. The minimum absolute atomic E-state index is 0.129. The molecule has 0 aliphatic carbocycles. The molecule has 19 heteroatoms. The smallest absolute Gasteiger partial charge is 0.344 e. The Morgan fingerprint density at radius 2 is 0.964 bits per heavy atom. The molecule has 0 radical (unpaired) electrons. The Hall–Kier alpha value is -6.08. The highest BCUT2D eigenvalue weighted by atomic mass is 19.2. The van der Waals surface area contributed by atoms with E-state index in [1.165, 1.54) is 44.6 Å². The summed E-state index contributed by atoms with van der Waals surface area (Å²) < 4.78 is 153. The van der Waals surface area contributed by atoms with Crippen molar-refractivity contribution in [1.29, 1.82) is 0 Å². The van der Waals surface area contributed by atoms with Crippen LogP contribution < -0.4 is 14.2 Å². The fourth-order valence-corrected chi connectivity index (χ4v) is 4.11. The molecule has 0 saturated heterocycles. The van der Waals surface area contributed by atoms with Crippen LogP contribution in [0, 0.1) is 58.2 Å². The van der Waals surface area contributed by atoms with Gasteiger partial charge in [-0.05, 0) is 24.3 Å². The first-order chi connectivity index (χ1) is 26.0. The number of halogens is 10. The Kier molecular flexibility index (Phi) is 17.2. The molecule has 0 amide bonds. The number of rotatable bonds is 13. The van der Waals surface area contributed by atoms with E-state index in [4.69, 9.17) is 29.2 Å². The van der Waals surface area contributed by atoms with Crippen molar-refractivity contribution < 1.29 is 87.4 Å². The highest BCUT2D eigenvalue weighted by molar-refractivity contribution is 5.93. The van der Waals surface area contributed by atoms with E-state index >= 15 is 0 Å². The lowest BCUT2D eigenvalue weighted by Crippen LogP contribution is -2.16. The summed E-state index contributed by atoms with van der Waals surface area (Å²) in [6.45, 7) is 7.52. The van der Waals surface area contributed by atoms with Crippen LogP contribution in [0.15, 0.2) is 61.7 Å². The highest BCUT2D eigenvalue weighted by Gasteiger charge is 2.30. The van der Waals surface area contributed by atoms with Gasteiger partial charge in [0.05, 0.1) is 51.8 Å². The lowest BCUT2D eigenvalue weighted by Gasteiger charge is -2.14. The average Bonchev–Trinajstić information content (AvgIpc) is 3.19. The molecule has 4 rings (SSSR count). The molecule has 296 valence electrons. The SMILES string of the molecule is C=CCOCc1c(OC)cccc1C(=O)O.C=CCOCc1c(OC)cccc1C(=O)Oc1c(F)c(F)c(F)c(F)c1F.Oc1c(F)c(F)c(F)c(F)c1F. The van der Waals surface area contributed by atoms with Crippen LogP contribution in [0.5, 0.6) is 23.0 Å². The highest BCUT2D eigenvalue weighted by Crippen LogP contribution is 2.32. The lowest BCUT2D eigenvalue weighted by molar-refractivity contribution is 0.0685. The number of phenols is 1. The fourth-order valence-electron chi connectivity index (χ4n) is 4.11. The molecule has 0 aliphatic heterocycles. The van der Waals surface area contributed by atoms with Crippen LogP contribution in [-0.2, 0) is 22.7 Å². The normalized spacial score (nSPS) is 10.3. The third kappa shape index (κ3) is 11.0. The van der Waals surface area contributed by atoms with Crippen LogP contribution in [0.1, 0.15) is 31.8 Å². The van der Waals surface area contributed by atoms with Crippen molar-refractivity contribution in [2.45, 2.75) is 13.2 Å². The van der Waals surface area contributed by atoms with E-state index in [9.17, 15) is 53.5 Å². The number of phenolic OH excluding ortho intramolecular Hbond substituents is 1. The second-order valence-electron chi connectivity index (χ2n) is 10.1. The summed E-state index contributed by atoms with van der Waals surface area (Å²) in [5.74, 6) is -27.6. The van der Waals surface area contributed by atoms with Gasteiger partial charge in [0.25, 0.3) is 0 Å². The first kappa shape index (κ1) is 45.1. The number of hydrogen-bond acceptors (Lipinski definition) is 8. The maximum Gasteiger partial charge on any atom is 0.344 e. The Morgan fingerprint density at radius 1 is 0.600 bits per heavy atom. The van der Waals surface area contributed by atoms with Crippen molar-refractivity contribution in [3.05, 3.63) is 142 Å². The second-order valence-corrected chi connectivity index (χ2v) is 10.1. The van der Waals surface area contributed by atoms with Gasteiger partial charge in [0.1, 0.15) is 11.5 Å². The number of benzene rings is 4. The first-order valence-corrected chi connectivity index (χ1v) is 14.9. The van der Waals surface area contributed by atoms with Crippen LogP contribution >= 0.6 is 0 Å². The van der Waals surface area contributed by atoms with Crippen molar-refractivity contribution in [1.82, 2.24) is 0 Å². The molecule has 0 aromatic heterocycles. The number of esters is 1. The number of ether oxygens (including phenoxy) is 5. The number of aromatic carboxylic acids is 1. The molecular formula is C36H28F10O9. The van der Waals surface area contributed by atoms with Crippen molar-refractivity contribution >= 4 is 11.9 Å². The Morgan fingerprint density at radius 3 is 1.35 bits per heavy atom. The van der Waals surface area contributed by atoms with Gasteiger partial charge in [0, 0.05) is 11.1 Å². The van der Waals surface area contributed by atoms with Gasteiger partial charge >= 0.3 is 11.9 Å². The molecule has 2 N–H and O–H groups in total. The van der Waals surface area contributed by atoms with Gasteiger partial charge in [0.2, 0.25) is 63.9 Å². The van der Waals surface area contributed by atoms with Crippen molar-refractivity contribution in [3.8, 4) is 23.0 Å². The van der Waals surface area contributed by atoms with Crippen LogP contribution in [0.4, 0.5) is 43.9 Å². The molecule has 0 aliphatic rings. The largest absolute Gasteiger partial charge is 0.503 e. The molecule has 0 atom stereocenters. The summed E-state index contributed by atoms with van der Waals surface area (Å²) in [5.41, 5.74) is 0.667. The molecular weight excluding hydrogens is 766 g/mol. The van der Waals surface area contributed by atoms with Crippen LogP contribution in [-0.4, -0.2) is 49.6 Å². The van der Waals surface area contributed by atoms with E-state index in [-0.39, 0.29) is 42.3 Å². The molecule has 9 nitrogen and oxygen atoms in total. The molecule has 4 aromatic rings. The fraction of sp³-hybridized carbons (Fsp3) is 0.167. The first-order valence-electron chi connectivity index (χ1n) is 14.9. The molecule has 0 unspecified atom stereocenters. The molecule has 4 aromatic carbocycles. The number of hydrogen-bond donors (Lipinski definition) is 2. The summed E-state index contributed by atoms with van der Waals surface area (Å²) in [6, 6.07) is 8.96. The summed E-state index contributed by atoms with van der Waals surface area (Å²) in [5, 5.41) is 17.3. The summed E-state index contributed by atoms with van der Waals surface area (Å²) in [6.07, 6.45) is 3.05. The second kappa shape index (κ2) is 21.0. The van der Waals surface area contributed by atoms with Gasteiger partial charge in [-0.25, -0.2) is 35.9 Å². The average molecular weight is 795 g/mol. The van der Waals surface area contributed by atoms with Crippen LogP contribution in [0.25, 0.3) is 0 Å². The molecule has 0 spiro atoms. The molecule has 0 heterocycles. The molecule has 0 bridgehead atoms. The van der Waals surface area contributed by atoms with E-state index in [1.807, 2.05) is 0 Å². The van der Waals surface area contributed by atoms with Gasteiger partial charge < -0.3 is 33.9 Å². The van der Waals surface area contributed by atoms with E-state index in [2.05, 4.69) is 17.9 Å². The van der Waals surface area contributed by atoms with E-state index in [1.54, 1.807) is 18.2 Å². The Balaban J connectivity index is 0.000000315. The lowest BCUT2D eigenvalue weighted by atomic mass is 10.1. The molecule has 0 saturated carbocycles. The van der Waals surface area contributed by atoms with Crippen molar-refractivity contribution in [2.75, 3.05) is 27.4 Å². The maximum atomic E-state index is 13.7. The van der Waals surface area contributed by atoms with E-state index in [0.717, 1.165) is 0 Å². The number of carboxylic acid groups (broad SMARTS) is 1. The number of carbonyl (C=O) groups is 2. The Labute approximate surface area is 305 Å². The van der Waals surface area contributed by atoms with Gasteiger partial charge in [0.15, 0.2) is 5.75 Å². The zero-order valence-electron chi connectivity index (χ0n) is 28.4. The van der Waals surface area contributed by atoms with Gasteiger partial charge in [-0.1, -0.05) is 24.3 Å². The molecule has 0 fully saturated rings. The van der Waals surface area contributed by atoms with Crippen molar-refractivity contribution in [2.24, 2.45) is 0 Å². The number of aromatic hydroxyl groups is 1. The van der Waals surface area contributed by atoms with Gasteiger partial charge in [-0.3, -0.25) is 0 Å². The number of methoxy groups -OCH3 is 2. The minimum Gasteiger partial charge on any atom is -0.503 e. The molecule has 55 heavy (non-hydrogen) atoms. The quantitative estimate of drug-likeness (QED) is 0.0261. The summed E-state index contributed by atoms with van der Waals surface area (Å²) in [4.78, 5) is 23.3. The predicted molar refractivity (Wildman–Crippen MR) is 172 cm³/mol. The standard InChI is InChI=1S/C18H13F5O4.C12H14O4.C6HF5O/c1-3-7-26-8-10-9(5-4-6-11(10)25-2)18(24)27-17-15(22)13(20)12(19)14(21)16(17)23;1-3-7-16-8-10-9(12(13)14)5-4-6-11(10)15-2;7-1-2(8)4(10)6(12)5(11)3(1)9/h3-6H,1,7-8H2,2H3;3-6H,1,7-8H2,2H3,(H,13,14);12H. The van der Waals surface area contributed by atoms with E-state index in [0.29, 0.717) is 17.9 Å². The summed E-state index contributed by atoms with van der Waals surface area (Å²) >= 11 is 0. The monoisotopic (exact) mass is 794 g/mol. The number of carbonyl (C=O) groups excluding carboxylic acids is 1. The van der Waals surface area contributed by atoms with Crippen LogP contribution in [0.2, 0.25) is 0 Å². The van der Waals surface area contributed by atoms with Crippen molar-refractivity contribution in [3.63, 3.8) is 0 Å². The predicted octanol–water partition coefficient (Wildman–Crippen LogP) is 8.50. The van der Waals surface area contributed by atoms with Gasteiger partial charge in [-0.15, -0.1) is 13.2 Å². The van der Waals surface area contributed by atoms with Crippen LogP contribution in [0.3, 0.4) is 0 Å². The number of carboxylic acids is 1. The Bertz CT molecular complexity index is 1910. The minimum atomic E-state index is -2.36. The summed E-state index contributed by atoms with van der Waals surface area (Å²) in [7, 11) is 2.81. The topological polar surface area (TPSA) is 121 Å². The maximum absolute atomic E-state index is 13.7.